The van der Waals surface area contributed by atoms with Crippen LogP contribution in [0.4, 0.5) is 4.79 Å². The molecule has 0 saturated carbocycles. The van der Waals surface area contributed by atoms with Crippen molar-refractivity contribution < 1.29 is 23.9 Å². The van der Waals surface area contributed by atoms with Gasteiger partial charge in [-0.3, -0.25) is 4.79 Å². The van der Waals surface area contributed by atoms with E-state index in [1.807, 2.05) is 0 Å². The molecule has 0 aromatic heterocycles. The normalized spacial score (nSPS) is 24.3. The van der Waals surface area contributed by atoms with Crippen molar-refractivity contribution in [1.82, 2.24) is 10.6 Å². The van der Waals surface area contributed by atoms with Gasteiger partial charge in [0.25, 0.3) is 0 Å². The summed E-state index contributed by atoms with van der Waals surface area (Å²) in [6, 6.07) is -0.445. The molecule has 7 heteroatoms. The van der Waals surface area contributed by atoms with Gasteiger partial charge in [-0.1, -0.05) is 6.08 Å². The van der Waals surface area contributed by atoms with E-state index < -0.39 is 17.7 Å². The summed E-state index contributed by atoms with van der Waals surface area (Å²) in [5.74, 6) is -0.561. The van der Waals surface area contributed by atoms with Gasteiger partial charge in [-0.25, -0.2) is 9.59 Å². The molecule has 2 fully saturated rings. The number of amides is 2. The third kappa shape index (κ3) is 5.26. The largest absolute Gasteiger partial charge is 0.462 e. The lowest BCUT2D eigenvalue weighted by Gasteiger charge is -2.23. The van der Waals surface area contributed by atoms with Crippen LogP contribution in [0.5, 0.6) is 0 Å². The lowest BCUT2D eigenvalue weighted by Crippen LogP contribution is -2.40. The zero-order chi connectivity index (χ0) is 17.0. The number of rotatable bonds is 4. The number of alkyl carbamates (subject to hydrolysis) is 1. The lowest BCUT2D eigenvalue weighted by molar-refractivity contribution is -0.135. The lowest BCUT2D eigenvalue weighted by atomic mass is 9.96. The van der Waals surface area contributed by atoms with Crippen molar-refractivity contribution in [3.05, 3.63) is 11.6 Å². The maximum atomic E-state index is 12.0. The number of hydrogen-bond acceptors (Lipinski definition) is 5. The highest BCUT2D eigenvalue weighted by molar-refractivity contribution is 5.90. The Labute approximate surface area is 135 Å². The molecule has 2 aliphatic rings. The molecule has 0 radical (unpaired) electrons. The summed E-state index contributed by atoms with van der Waals surface area (Å²) < 4.78 is 10.2. The number of cyclic esters (lactones) is 1. The minimum Gasteiger partial charge on any atom is -0.462 e. The van der Waals surface area contributed by atoms with Crippen LogP contribution >= 0.6 is 0 Å². The highest BCUT2D eigenvalue weighted by atomic mass is 16.6. The van der Waals surface area contributed by atoms with Gasteiger partial charge in [0, 0.05) is 24.5 Å². The van der Waals surface area contributed by atoms with Crippen molar-refractivity contribution in [2.24, 2.45) is 5.92 Å². The first-order chi connectivity index (χ1) is 10.7. The van der Waals surface area contributed by atoms with Crippen molar-refractivity contribution in [2.75, 3.05) is 13.2 Å². The van der Waals surface area contributed by atoms with E-state index in [0.717, 1.165) is 6.42 Å². The zero-order valence-electron chi connectivity index (χ0n) is 13.8. The maximum absolute atomic E-state index is 12.0. The molecule has 0 aromatic carbocycles. The van der Waals surface area contributed by atoms with Gasteiger partial charge >= 0.3 is 12.1 Å². The van der Waals surface area contributed by atoms with Gasteiger partial charge in [0.2, 0.25) is 5.91 Å². The molecule has 7 nitrogen and oxygen atoms in total. The topological polar surface area (TPSA) is 93.7 Å². The standard InChI is InChI=1S/C16H24N2O5/c1-16(2,3)23-15(21)18-12(8-10-4-6-17-13(10)19)9-11-5-7-22-14(11)20/h9-10,12H,4-8H2,1-3H3,(H,17,19)(H,18,21)/b11-9-. The smallest absolute Gasteiger partial charge is 0.408 e. The third-order valence-electron chi connectivity index (χ3n) is 3.67. The molecule has 2 heterocycles. The molecule has 2 amide bonds. The van der Waals surface area contributed by atoms with Crippen LogP contribution in [-0.2, 0) is 19.1 Å². The summed E-state index contributed by atoms with van der Waals surface area (Å²) in [5.41, 5.74) is -0.0804. The van der Waals surface area contributed by atoms with Crippen molar-refractivity contribution >= 4 is 18.0 Å². The highest BCUT2D eigenvalue weighted by Gasteiger charge is 2.29. The Morgan fingerprint density at radius 1 is 1.48 bits per heavy atom. The third-order valence-corrected chi connectivity index (χ3v) is 3.67. The van der Waals surface area contributed by atoms with Crippen LogP contribution in [0.2, 0.25) is 0 Å². The van der Waals surface area contributed by atoms with Crippen LogP contribution in [0.25, 0.3) is 0 Å². The van der Waals surface area contributed by atoms with Crippen LogP contribution in [0, 0.1) is 5.92 Å². The molecule has 2 N–H and O–H groups in total. The quantitative estimate of drug-likeness (QED) is 0.600. The minimum atomic E-state index is -0.612. The molecule has 0 aliphatic carbocycles. The molecule has 2 unspecified atom stereocenters. The Bertz CT molecular complexity index is 521. The molecular formula is C16H24N2O5. The maximum Gasteiger partial charge on any atom is 0.408 e. The average molecular weight is 324 g/mol. The molecule has 2 rings (SSSR count). The van der Waals surface area contributed by atoms with Crippen molar-refractivity contribution in [3.63, 3.8) is 0 Å². The van der Waals surface area contributed by atoms with E-state index in [1.165, 1.54) is 0 Å². The van der Waals surface area contributed by atoms with Gasteiger partial charge in [0.1, 0.15) is 5.60 Å². The molecule has 128 valence electrons. The van der Waals surface area contributed by atoms with Crippen LogP contribution < -0.4 is 10.6 Å². The Morgan fingerprint density at radius 3 is 2.74 bits per heavy atom. The molecule has 2 saturated heterocycles. The SMILES string of the molecule is CC(C)(C)OC(=O)NC(/C=C1/CCOC1=O)CC1CCNC1=O. The van der Waals surface area contributed by atoms with Gasteiger partial charge in [-0.05, 0) is 33.6 Å². The number of nitrogens with one attached hydrogen (secondary N) is 2. The second kappa shape index (κ2) is 7.02. The average Bonchev–Trinajstić information content (AvgIpc) is 2.97. The van der Waals surface area contributed by atoms with Crippen molar-refractivity contribution in [2.45, 2.75) is 51.7 Å². The summed E-state index contributed by atoms with van der Waals surface area (Å²) >= 11 is 0. The van der Waals surface area contributed by atoms with E-state index in [1.54, 1.807) is 26.8 Å². The van der Waals surface area contributed by atoms with Gasteiger partial charge in [-0.2, -0.15) is 0 Å². The first-order valence-electron chi connectivity index (χ1n) is 7.89. The van der Waals surface area contributed by atoms with Crippen LogP contribution in [0.1, 0.15) is 40.0 Å². The molecule has 2 aliphatic heterocycles. The van der Waals surface area contributed by atoms with Crippen LogP contribution in [-0.4, -0.2) is 42.8 Å². The van der Waals surface area contributed by atoms with E-state index in [-0.39, 0.29) is 17.8 Å². The molecule has 0 aromatic rings. The summed E-state index contributed by atoms with van der Waals surface area (Å²) in [6.07, 6.45) is 2.79. The fraction of sp³-hybridized carbons (Fsp3) is 0.688. The summed E-state index contributed by atoms with van der Waals surface area (Å²) in [4.78, 5) is 35.4. The number of hydrogen-bond donors (Lipinski definition) is 2. The second-order valence-corrected chi connectivity index (χ2v) is 6.84. The summed E-state index contributed by atoms with van der Waals surface area (Å²) in [5, 5.41) is 5.52. The Hall–Kier alpha value is -2.05. The van der Waals surface area contributed by atoms with Crippen LogP contribution in [0.15, 0.2) is 11.6 Å². The fourth-order valence-electron chi connectivity index (χ4n) is 2.65. The van der Waals surface area contributed by atoms with E-state index in [0.29, 0.717) is 31.6 Å². The van der Waals surface area contributed by atoms with Crippen molar-refractivity contribution in [3.8, 4) is 0 Å². The minimum absolute atomic E-state index is 0.0200. The van der Waals surface area contributed by atoms with Crippen LogP contribution in [0.3, 0.4) is 0 Å². The summed E-state index contributed by atoms with van der Waals surface area (Å²) in [7, 11) is 0. The summed E-state index contributed by atoms with van der Waals surface area (Å²) in [6.45, 7) is 6.32. The Balaban J connectivity index is 2.06. The fourth-order valence-corrected chi connectivity index (χ4v) is 2.65. The molecule has 2 atom stereocenters. The van der Waals surface area contributed by atoms with E-state index in [9.17, 15) is 14.4 Å². The molecular weight excluding hydrogens is 300 g/mol. The van der Waals surface area contributed by atoms with Crippen molar-refractivity contribution in [1.29, 1.82) is 0 Å². The first kappa shape index (κ1) is 17.3. The molecule has 0 spiro atoms. The van der Waals surface area contributed by atoms with Gasteiger partial charge in [0.15, 0.2) is 0 Å². The van der Waals surface area contributed by atoms with E-state index in [4.69, 9.17) is 9.47 Å². The highest BCUT2D eigenvalue weighted by Crippen LogP contribution is 2.20. The number of carbonyl (C=O) groups excluding carboxylic acids is 3. The first-order valence-corrected chi connectivity index (χ1v) is 7.89. The Morgan fingerprint density at radius 2 is 2.22 bits per heavy atom. The van der Waals surface area contributed by atoms with Gasteiger partial charge in [0.05, 0.1) is 12.6 Å². The van der Waals surface area contributed by atoms with Gasteiger partial charge in [-0.15, -0.1) is 0 Å². The Kier molecular flexibility index (Phi) is 5.28. The predicted molar refractivity (Wildman–Crippen MR) is 82.6 cm³/mol. The predicted octanol–water partition coefficient (Wildman–Crippen LogP) is 1.28. The number of ether oxygens (including phenoxy) is 2. The molecule has 23 heavy (non-hydrogen) atoms. The van der Waals surface area contributed by atoms with E-state index in [2.05, 4.69) is 10.6 Å². The molecule has 0 bridgehead atoms. The van der Waals surface area contributed by atoms with Gasteiger partial charge < -0.3 is 20.1 Å². The zero-order valence-corrected chi connectivity index (χ0v) is 13.8. The monoisotopic (exact) mass is 324 g/mol. The number of esters is 1. The number of carbonyl (C=O) groups is 3. The second-order valence-electron chi connectivity index (χ2n) is 6.84. The van der Waals surface area contributed by atoms with E-state index >= 15 is 0 Å².